The van der Waals surface area contributed by atoms with E-state index in [4.69, 9.17) is 15.2 Å². The van der Waals surface area contributed by atoms with Gasteiger partial charge in [0.25, 0.3) is 0 Å². The lowest BCUT2D eigenvalue weighted by Crippen LogP contribution is -2.33. The van der Waals surface area contributed by atoms with Crippen molar-refractivity contribution in [1.29, 1.82) is 0 Å². The average molecular weight is 184 g/mol. The Balaban J connectivity index is 3.26. The number of carboxylic acid groups (broad SMARTS) is 1. The lowest BCUT2D eigenvalue weighted by atomic mass is 9.79. The largest absolute Gasteiger partial charge is 0.491 e. The molecule has 0 saturated carbocycles. The van der Waals surface area contributed by atoms with Crippen LogP contribution in [-0.4, -0.2) is 28.2 Å². The first-order valence-electron chi connectivity index (χ1n) is 3.42. The maximum Gasteiger partial charge on any atom is 0.491 e. The van der Waals surface area contributed by atoms with Crippen molar-refractivity contribution in [3.05, 3.63) is 29.6 Å². The second kappa shape index (κ2) is 3.55. The molecule has 0 amide bonds. The molecule has 0 atom stereocenters. The normalized spacial score (nSPS) is 9.77. The maximum atomic E-state index is 13.1. The molecule has 0 heterocycles. The van der Waals surface area contributed by atoms with Crippen molar-refractivity contribution >= 4 is 18.6 Å². The first-order valence-corrected chi connectivity index (χ1v) is 3.42. The number of hydrogen-bond acceptors (Lipinski definition) is 3. The van der Waals surface area contributed by atoms with Crippen molar-refractivity contribution in [3.63, 3.8) is 0 Å². The number of rotatable bonds is 2. The highest BCUT2D eigenvalue weighted by atomic mass is 19.1. The van der Waals surface area contributed by atoms with Gasteiger partial charge in [0, 0.05) is 5.46 Å². The summed E-state index contributed by atoms with van der Waals surface area (Å²) in [5.74, 6) is -2.56. The van der Waals surface area contributed by atoms with E-state index in [0.29, 0.717) is 0 Å². The number of benzene rings is 1. The molecule has 3 N–H and O–H groups in total. The monoisotopic (exact) mass is 184 g/mol. The Morgan fingerprint density at radius 2 is 2.00 bits per heavy atom. The van der Waals surface area contributed by atoms with Gasteiger partial charge in [-0.15, -0.1) is 0 Å². The highest BCUT2D eigenvalue weighted by molar-refractivity contribution is 6.58. The molecule has 68 valence electrons. The number of aromatic carboxylic acids is 1. The molecular weight excluding hydrogens is 178 g/mol. The van der Waals surface area contributed by atoms with Crippen LogP contribution in [0.3, 0.4) is 0 Å². The summed E-state index contributed by atoms with van der Waals surface area (Å²) in [5, 5.41) is 25.7. The zero-order chi connectivity index (χ0) is 10.0. The number of carboxylic acids is 1. The molecule has 0 aliphatic heterocycles. The number of hydrogen-bond donors (Lipinski definition) is 3. The fraction of sp³-hybridized carbons (Fsp3) is 0. The Morgan fingerprint density at radius 1 is 1.38 bits per heavy atom. The van der Waals surface area contributed by atoms with E-state index in [0.717, 1.165) is 12.1 Å². The topological polar surface area (TPSA) is 77.8 Å². The van der Waals surface area contributed by atoms with Crippen LogP contribution in [0.4, 0.5) is 4.39 Å². The molecule has 0 fully saturated rings. The fourth-order valence-corrected chi connectivity index (χ4v) is 0.914. The highest BCUT2D eigenvalue weighted by Crippen LogP contribution is 2.04. The first-order chi connectivity index (χ1) is 6.04. The molecule has 13 heavy (non-hydrogen) atoms. The molecular formula is C7H6BFO4. The van der Waals surface area contributed by atoms with E-state index in [1.165, 1.54) is 6.07 Å². The summed E-state index contributed by atoms with van der Waals surface area (Å²) in [6, 6.07) is 3.39. The Kier molecular flexibility index (Phi) is 2.65. The van der Waals surface area contributed by atoms with Crippen molar-refractivity contribution < 1.29 is 24.3 Å². The van der Waals surface area contributed by atoms with E-state index in [1.807, 2.05) is 0 Å². The van der Waals surface area contributed by atoms with Crippen LogP contribution in [0.25, 0.3) is 0 Å². The van der Waals surface area contributed by atoms with Gasteiger partial charge in [0.2, 0.25) is 0 Å². The summed E-state index contributed by atoms with van der Waals surface area (Å²) >= 11 is 0. The zero-order valence-corrected chi connectivity index (χ0v) is 6.44. The smallest absolute Gasteiger partial charge is 0.478 e. The summed E-state index contributed by atoms with van der Waals surface area (Å²) in [5.41, 5.74) is -1.02. The average Bonchev–Trinajstić information content (AvgIpc) is 2.03. The van der Waals surface area contributed by atoms with Crippen LogP contribution in [0.2, 0.25) is 0 Å². The molecule has 0 aliphatic carbocycles. The Labute approximate surface area is 73.4 Å². The molecule has 0 aromatic heterocycles. The van der Waals surface area contributed by atoms with Crippen LogP contribution in [0.1, 0.15) is 10.4 Å². The van der Waals surface area contributed by atoms with Crippen LogP contribution in [0, 0.1) is 5.82 Å². The molecule has 0 saturated heterocycles. The van der Waals surface area contributed by atoms with E-state index >= 15 is 0 Å². The summed E-state index contributed by atoms with van der Waals surface area (Å²) < 4.78 is 13.1. The molecule has 1 aromatic rings. The third-order valence-corrected chi connectivity index (χ3v) is 1.54. The standard InChI is InChI=1S/C7H6BFO4/c9-6-4(7(10)11)2-1-3-5(6)8(12)13/h1-3,12-13H,(H,10,11). The summed E-state index contributed by atoms with van der Waals surface area (Å²) in [6.45, 7) is 0. The maximum absolute atomic E-state index is 13.1. The van der Waals surface area contributed by atoms with Gasteiger partial charge in [-0.25, -0.2) is 9.18 Å². The molecule has 4 nitrogen and oxygen atoms in total. The minimum atomic E-state index is -2.00. The minimum Gasteiger partial charge on any atom is -0.478 e. The van der Waals surface area contributed by atoms with Crippen molar-refractivity contribution in [2.24, 2.45) is 0 Å². The van der Waals surface area contributed by atoms with Crippen molar-refractivity contribution in [2.45, 2.75) is 0 Å². The lowest BCUT2D eigenvalue weighted by molar-refractivity contribution is 0.0692. The Bertz CT molecular complexity index is 339. The molecule has 1 rings (SSSR count). The quantitative estimate of drug-likeness (QED) is 0.526. The predicted molar refractivity (Wildman–Crippen MR) is 43.2 cm³/mol. The molecule has 0 radical (unpaired) electrons. The SMILES string of the molecule is O=C(O)c1cccc(B(O)O)c1F. The molecule has 0 bridgehead atoms. The van der Waals surface area contributed by atoms with Crippen LogP contribution >= 0.6 is 0 Å². The van der Waals surface area contributed by atoms with Gasteiger partial charge >= 0.3 is 13.1 Å². The van der Waals surface area contributed by atoms with Crippen molar-refractivity contribution in [1.82, 2.24) is 0 Å². The molecule has 0 aliphatic rings. The van der Waals surface area contributed by atoms with Crippen LogP contribution < -0.4 is 5.46 Å². The van der Waals surface area contributed by atoms with Gasteiger partial charge in [0.05, 0.1) is 5.56 Å². The molecule has 6 heteroatoms. The number of carbonyl (C=O) groups is 1. The summed E-state index contributed by atoms with van der Waals surface area (Å²) in [4.78, 5) is 10.4. The Hall–Kier alpha value is -1.40. The van der Waals surface area contributed by atoms with Gasteiger partial charge in [-0.1, -0.05) is 12.1 Å². The van der Waals surface area contributed by atoms with Crippen molar-refractivity contribution in [3.8, 4) is 0 Å². The van der Waals surface area contributed by atoms with Gasteiger partial charge in [0.1, 0.15) is 5.82 Å². The van der Waals surface area contributed by atoms with Crippen LogP contribution in [0.5, 0.6) is 0 Å². The highest BCUT2D eigenvalue weighted by Gasteiger charge is 2.21. The van der Waals surface area contributed by atoms with Crippen molar-refractivity contribution in [2.75, 3.05) is 0 Å². The third kappa shape index (κ3) is 1.85. The first kappa shape index (κ1) is 9.69. The van der Waals surface area contributed by atoms with Crippen LogP contribution in [0.15, 0.2) is 18.2 Å². The van der Waals surface area contributed by atoms with E-state index < -0.39 is 29.9 Å². The van der Waals surface area contributed by atoms with Crippen LogP contribution in [-0.2, 0) is 0 Å². The van der Waals surface area contributed by atoms with Gasteiger partial charge < -0.3 is 15.2 Å². The second-order valence-corrected chi connectivity index (χ2v) is 2.39. The predicted octanol–water partition coefficient (Wildman–Crippen LogP) is -0.796. The van der Waals surface area contributed by atoms with Gasteiger partial charge in [0.15, 0.2) is 0 Å². The summed E-state index contributed by atoms with van der Waals surface area (Å²) in [7, 11) is -2.00. The van der Waals surface area contributed by atoms with E-state index in [1.54, 1.807) is 0 Å². The molecule has 0 spiro atoms. The van der Waals surface area contributed by atoms with Gasteiger partial charge in [-0.3, -0.25) is 0 Å². The number of halogens is 1. The lowest BCUT2D eigenvalue weighted by Gasteiger charge is -2.03. The third-order valence-electron chi connectivity index (χ3n) is 1.54. The van der Waals surface area contributed by atoms with Gasteiger partial charge in [-0.05, 0) is 6.07 Å². The second-order valence-electron chi connectivity index (χ2n) is 2.39. The Morgan fingerprint density at radius 3 is 2.46 bits per heavy atom. The summed E-state index contributed by atoms with van der Waals surface area (Å²) in [6.07, 6.45) is 0. The van der Waals surface area contributed by atoms with Gasteiger partial charge in [-0.2, -0.15) is 0 Å². The molecule has 0 unspecified atom stereocenters. The van der Waals surface area contributed by atoms with E-state index in [-0.39, 0.29) is 0 Å². The minimum absolute atomic E-state index is 0.445. The van der Waals surface area contributed by atoms with E-state index in [2.05, 4.69) is 0 Å². The fourth-order valence-electron chi connectivity index (χ4n) is 0.914. The zero-order valence-electron chi connectivity index (χ0n) is 6.44. The molecule has 1 aromatic carbocycles. The van der Waals surface area contributed by atoms with E-state index in [9.17, 15) is 9.18 Å².